The van der Waals surface area contributed by atoms with Gasteiger partial charge in [-0.3, -0.25) is 4.90 Å². The predicted molar refractivity (Wildman–Crippen MR) is 81.3 cm³/mol. The highest BCUT2D eigenvalue weighted by Gasteiger charge is 2.24. The van der Waals surface area contributed by atoms with Crippen LogP contribution in [0.25, 0.3) is 0 Å². The predicted octanol–water partition coefficient (Wildman–Crippen LogP) is 1.72. The Balaban J connectivity index is 1.91. The topological polar surface area (TPSA) is 103 Å². The van der Waals surface area contributed by atoms with Gasteiger partial charge in [-0.2, -0.15) is 4.68 Å². The zero-order valence-electron chi connectivity index (χ0n) is 12.2. The van der Waals surface area contributed by atoms with Gasteiger partial charge in [-0.15, -0.1) is 0 Å². The molecule has 10 heteroatoms. The lowest BCUT2D eigenvalue weighted by molar-refractivity contribution is -0.390. The summed E-state index contributed by atoms with van der Waals surface area (Å²) >= 11 is 3.13. The van der Waals surface area contributed by atoms with Crippen molar-refractivity contribution in [1.29, 1.82) is 0 Å². The Labute approximate surface area is 135 Å². The van der Waals surface area contributed by atoms with Crippen molar-refractivity contribution < 1.29 is 14.5 Å². The summed E-state index contributed by atoms with van der Waals surface area (Å²) in [5, 5.41) is 17.5. The summed E-state index contributed by atoms with van der Waals surface area (Å²) in [5.41, 5.74) is 0. The fraction of sp³-hybridized carbons (Fsp3) is 0.667. The molecule has 1 N–H and O–H groups in total. The minimum atomic E-state index is -0.526. The first kappa shape index (κ1) is 16.7. The molecule has 0 unspecified atom stereocenters. The molecule has 1 saturated heterocycles. The van der Waals surface area contributed by atoms with Crippen molar-refractivity contribution in [2.24, 2.45) is 0 Å². The number of alkyl carbamates (subject to hydrolysis) is 1. The van der Waals surface area contributed by atoms with E-state index >= 15 is 0 Å². The molecule has 0 spiro atoms. The molecule has 1 aromatic heterocycles. The fourth-order valence-corrected chi connectivity index (χ4v) is 2.89. The lowest BCUT2D eigenvalue weighted by atomic mass is 10.1. The van der Waals surface area contributed by atoms with Crippen molar-refractivity contribution in [2.45, 2.75) is 32.5 Å². The Bertz CT molecular complexity index is 550. The normalized spacial score (nSPS) is 18.9. The van der Waals surface area contributed by atoms with Gasteiger partial charge in [-0.1, -0.05) is 0 Å². The fourth-order valence-electron chi connectivity index (χ4n) is 2.43. The lowest BCUT2D eigenvalue weighted by Gasteiger charge is -2.31. The number of amides is 1. The average molecular weight is 376 g/mol. The maximum atomic E-state index is 11.4. The van der Waals surface area contributed by atoms with E-state index in [1.807, 2.05) is 0 Å². The molecule has 1 fully saturated rings. The molecule has 2 heterocycles. The van der Waals surface area contributed by atoms with Crippen LogP contribution in [0.3, 0.4) is 0 Å². The number of halogens is 1. The lowest BCUT2D eigenvalue weighted by Crippen LogP contribution is -2.48. The molecule has 0 saturated carbocycles. The molecular formula is C12H18BrN5O4. The number of aromatic nitrogens is 2. The molecule has 1 atom stereocenters. The number of nitro groups is 1. The van der Waals surface area contributed by atoms with Crippen molar-refractivity contribution >= 4 is 27.8 Å². The van der Waals surface area contributed by atoms with Gasteiger partial charge < -0.3 is 20.2 Å². The highest BCUT2D eigenvalue weighted by atomic mass is 79.9. The molecule has 1 aliphatic heterocycles. The Kier molecular flexibility index (Phi) is 5.72. The summed E-state index contributed by atoms with van der Waals surface area (Å²) in [4.78, 5) is 23.8. The second-order valence-corrected chi connectivity index (χ2v) is 5.87. The van der Waals surface area contributed by atoms with E-state index in [2.05, 4.69) is 31.2 Å². The van der Waals surface area contributed by atoms with Gasteiger partial charge in [0, 0.05) is 19.1 Å². The van der Waals surface area contributed by atoms with E-state index in [1.165, 1.54) is 4.68 Å². The summed E-state index contributed by atoms with van der Waals surface area (Å²) in [5.74, 6) is -0.196. The summed E-state index contributed by atoms with van der Waals surface area (Å²) in [6, 6.07) is 0.0155. The molecule has 122 valence electrons. The highest BCUT2D eigenvalue weighted by molar-refractivity contribution is 9.10. The standard InChI is InChI=1S/C12H18BrN5O4/c1-2-22-12(19)14-9-4-3-5-16(6-9)8-17-7-10(13)11(15-17)18(20)21/h7,9H,2-6,8H2,1H3,(H,14,19)/t9-/m0/s1. The first-order chi connectivity index (χ1) is 10.5. The molecule has 22 heavy (non-hydrogen) atoms. The molecular weight excluding hydrogens is 358 g/mol. The Morgan fingerprint density at radius 1 is 1.68 bits per heavy atom. The van der Waals surface area contributed by atoms with Crippen LogP contribution in [0.2, 0.25) is 0 Å². The third kappa shape index (κ3) is 4.41. The van der Waals surface area contributed by atoms with Crippen LogP contribution in [0.5, 0.6) is 0 Å². The molecule has 0 aliphatic carbocycles. The van der Waals surface area contributed by atoms with Crippen molar-refractivity contribution in [3.63, 3.8) is 0 Å². The van der Waals surface area contributed by atoms with Crippen LogP contribution in [0, 0.1) is 10.1 Å². The van der Waals surface area contributed by atoms with Crippen LogP contribution in [-0.4, -0.2) is 51.4 Å². The van der Waals surface area contributed by atoms with Crippen molar-refractivity contribution in [1.82, 2.24) is 20.0 Å². The molecule has 1 aliphatic rings. The number of hydrogen-bond donors (Lipinski definition) is 1. The van der Waals surface area contributed by atoms with E-state index in [4.69, 9.17) is 4.74 Å². The van der Waals surface area contributed by atoms with Gasteiger partial charge in [0.05, 0.1) is 17.9 Å². The van der Waals surface area contributed by atoms with Crippen LogP contribution in [-0.2, 0) is 11.4 Å². The van der Waals surface area contributed by atoms with Gasteiger partial charge in [-0.25, -0.2) is 4.79 Å². The minimum Gasteiger partial charge on any atom is -0.450 e. The number of piperidine rings is 1. The number of ether oxygens (including phenoxy) is 1. The second-order valence-electron chi connectivity index (χ2n) is 5.02. The number of nitrogens with zero attached hydrogens (tertiary/aromatic N) is 4. The van der Waals surface area contributed by atoms with Crippen LogP contribution < -0.4 is 5.32 Å². The van der Waals surface area contributed by atoms with Gasteiger partial charge in [-0.05, 0) is 40.6 Å². The SMILES string of the molecule is CCOC(=O)N[C@H]1CCCN(Cn2cc(Br)c([N+](=O)[O-])n2)C1. The number of carbonyl (C=O) groups is 1. The van der Waals surface area contributed by atoms with Crippen LogP contribution in [0.15, 0.2) is 10.7 Å². The number of hydrogen-bond acceptors (Lipinski definition) is 6. The molecule has 1 aromatic rings. The highest BCUT2D eigenvalue weighted by Crippen LogP contribution is 2.22. The van der Waals surface area contributed by atoms with E-state index in [9.17, 15) is 14.9 Å². The monoisotopic (exact) mass is 375 g/mol. The molecule has 0 radical (unpaired) electrons. The van der Waals surface area contributed by atoms with E-state index in [1.54, 1.807) is 13.1 Å². The molecule has 0 aromatic carbocycles. The first-order valence-electron chi connectivity index (χ1n) is 7.02. The van der Waals surface area contributed by atoms with Gasteiger partial charge in [0.1, 0.15) is 11.1 Å². The summed E-state index contributed by atoms with van der Waals surface area (Å²) < 4.78 is 6.76. The van der Waals surface area contributed by atoms with Crippen LogP contribution in [0.1, 0.15) is 19.8 Å². The van der Waals surface area contributed by atoms with Gasteiger partial charge in [0.2, 0.25) is 0 Å². The van der Waals surface area contributed by atoms with Crippen molar-refractivity contribution in [3.05, 3.63) is 20.8 Å². The number of nitrogens with one attached hydrogen (secondary N) is 1. The van der Waals surface area contributed by atoms with Gasteiger partial charge in [0.25, 0.3) is 0 Å². The largest absolute Gasteiger partial charge is 0.450 e. The van der Waals surface area contributed by atoms with Crippen molar-refractivity contribution in [3.8, 4) is 0 Å². The molecule has 2 rings (SSSR count). The Morgan fingerprint density at radius 3 is 3.09 bits per heavy atom. The smallest absolute Gasteiger partial charge is 0.407 e. The van der Waals surface area contributed by atoms with E-state index in [0.717, 1.165) is 19.4 Å². The quantitative estimate of drug-likeness (QED) is 0.620. The second kappa shape index (κ2) is 7.54. The van der Waals surface area contributed by atoms with Crippen molar-refractivity contribution in [2.75, 3.05) is 19.7 Å². The number of likely N-dealkylation sites (tertiary alicyclic amines) is 1. The minimum absolute atomic E-state index is 0.0155. The average Bonchev–Trinajstić information content (AvgIpc) is 2.80. The maximum Gasteiger partial charge on any atom is 0.407 e. The Morgan fingerprint density at radius 2 is 2.45 bits per heavy atom. The van der Waals surface area contributed by atoms with E-state index < -0.39 is 11.0 Å². The first-order valence-corrected chi connectivity index (χ1v) is 7.82. The molecule has 1 amide bonds. The Hall–Kier alpha value is -1.68. The van der Waals surface area contributed by atoms with Crippen LogP contribution >= 0.6 is 15.9 Å². The number of rotatable bonds is 5. The summed E-state index contributed by atoms with van der Waals surface area (Å²) in [6.45, 7) is 4.05. The van der Waals surface area contributed by atoms with Crippen LogP contribution in [0.4, 0.5) is 10.6 Å². The maximum absolute atomic E-state index is 11.4. The van der Waals surface area contributed by atoms with Gasteiger partial charge >= 0.3 is 11.9 Å². The summed E-state index contributed by atoms with van der Waals surface area (Å²) in [6.07, 6.45) is 2.99. The molecule has 0 bridgehead atoms. The zero-order valence-corrected chi connectivity index (χ0v) is 13.8. The van der Waals surface area contributed by atoms with E-state index in [-0.39, 0.29) is 11.9 Å². The zero-order chi connectivity index (χ0) is 16.1. The molecule has 9 nitrogen and oxygen atoms in total. The number of carbonyl (C=O) groups excluding carboxylic acids is 1. The third-order valence-electron chi connectivity index (χ3n) is 3.32. The third-order valence-corrected chi connectivity index (χ3v) is 3.88. The van der Waals surface area contributed by atoms with E-state index in [0.29, 0.717) is 24.3 Å². The summed E-state index contributed by atoms with van der Waals surface area (Å²) in [7, 11) is 0. The van der Waals surface area contributed by atoms with Gasteiger partial charge in [0.15, 0.2) is 0 Å².